The van der Waals surface area contributed by atoms with Crippen LogP contribution in [0.5, 0.6) is 0 Å². The number of hydrogen-bond acceptors (Lipinski definition) is 4. The number of ether oxygens (including phenoxy) is 2. The topological polar surface area (TPSA) is 67.8 Å². The summed E-state index contributed by atoms with van der Waals surface area (Å²) in [6.07, 6.45) is 2.32. The van der Waals surface area contributed by atoms with Gasteiger partial charge in [-0.2, -0.15) is 0 Å². The number of carboxylic acid groups (broad SMARTS) is 1. The van der Waals surface area contributed by atoms with E-state index in [0.29, 0.717) is 19.3 Å². The summed E-state index contributed by atoms with van der Waals surface area (Å²) in [5.74, 6) is -0.850. The Balaban J connectivity index is 2.05. The highest BCUT2D eigenvalue weighted by Gasteiger charge is 2.28. The van der Waals surface area contributed by atoms with Gasteiger partial charge in [0.25, 0.3) is 0 Å². The lowest BCUT2D eigenvalue weighted by atomic mass is 10.3. The quantitative estimate of drug-likeness (QED) is 0.570. The third-order valence-corrected chi connectivity index (χ3v) is 2.28. The van der Waals surface area contributed by atoms with Crippen LogP contribution in [-0.4, -0.2) is 49.1 Å². The fourth-order valence-electron chi connectivity index (χ4n) is 1.27. The summed E-state index contributed by atoms with van der Waals surface area (Å²) in [5, 5.41) is 11.9. The number of aliphatic carboxylic acids is 1. The van der Waals surface area contributed by atoms with E-state index in [2.05, 4.69) is 5.32 Å². The van der Waals surface area contributed by atoms with Gasteiger partial charge in [-0.05, 0) is 26.7 Å². The number of nitrogens with one attached hydrogen (secondary N) is 1. The molecule has 0 heterocycles. The van der Waals surface area contributed by atoms with E-state index in [-0.39, 0.29) is 12.7 Å². The molecule has 1 unspecified atom stereocenters. The SMILES string of the molecule is CC(C)OCCOCC(NC1CC1)C(=O)O. The maximum atomic E-state index is 10.9. The first-order valence-corrected chi connectivity index (χ1v) is 5.77. The van der Waals surface area contributed by atoms with E-state index in [1.165, 1.54) is 0 Å². The molecule has 94 valence electrons. The number of hydrogen-bond donors (Lipinski definition) is 2. The first kappa shape index (κ1) is 13.4. The lowest BCUT2D eigenvalue weighted by Crippen LogP contribution is -2.42. The lowest BCUT2D eigenvalue weighted by Gasteiger charge is -2.14. The molecule has 5 heteroatoms. The molecule has 0 saturated heterocycles. The zero-order valence-electron chi connectivity index (χ0n) is 9.94. The van der Waals surface area contributed by atoms with Crippen LogP contribution in [0.2, 0.25) is 0 Å². The molecule has 0 bridgehead atoms. The number of carbonyl (C=O) groups is 1. The van der Waals surface area contributed by atoms with E-state index < -0.39 is 12.0 Å². The zero-order valence-corrected chi connectivity index (χ0v) is 9.94. The second-order valence-corrected chi connectivity index (χ2v) is 4.33. The van der Waals surface area contributed by atoms with E-state index >= 15 is 0 Å². The minimum atomic E-state index is -0.850. The average molecular weight is 231 g/mol. The Morgan fingerprint density at radius 1 is 1.44 bits per heavy atom. The monoisotopic (exact) mass is 231 g/mol. The number of carboxylic acids is 1. The predicted molar refractivity (Wildman–Crippen MR) is 59.5 cm³/mol. The minimum absolute atomic E-state index is 0.184. The molecule has 0 aromatic heterocycles. The van der Waals surface area contributed by atoms with Crippen molar-refractivity contribution in [3.8, 4) is 0 Å². The van der Waals surface area contributed by atoms with Crippen LogP contribution >= 0.6 is 0 Å². The fraction of sp³-hybridized carbons (Fsp3) is 0.909. The normalized spacial score (nSPS) is 17.7. The minimum Gasteiger partial charge on any atom is -0.480 e. The van der Waals surface area contributed by atoms with Crippen molar-refractivity contribution in [2.75, 3.05) is 19.8 Å². The highest BCUT2D eigenvalue weighted by atomic mass is 16.5. The van der Waals surface area contributed by atoms with Crippen LogP contribution in [0.25, 0.3) is 0 Å². The van der Waals surface area contributed by atoms with E-state index in [1.54, 1.807) is 0 Å². The van der Waals surface area contributed by atoms with Crippen molar-refractivity contribution in [2.45, 2.75) is 44.9 Å². The van der Waals surface area contributed by atoms with Crippen molar-refractivity contribution in [2.24, 2.45) is 0 Å². The molecule has 0 aromatic carbocycles. The predicted octanol–water partition coefficient (Wildman–Crippen LogP) is 0.633. The van der Waals surface area contributed by atoms with Gasteiger partial charge in [0, 0.05) is 6.04 Å². The van der Waals surface area contributed by atoms with Gasteiger partial charge in [-0.15, -0.1) is 0 Å². The molecule has 1 atom stereocenters. The second kappa shape index (κ2) is 6.83. The molecule has 2 N–H and O–H groups in total. The molecule has 1 fully saturated rings. The molecule has 16 heavy (non-hydrogen) atoms. The second-order valence-electron chi connectivity index (χ2n) is 4.33. The Bertz CT molecular complexity index is 216. The standard InChI is InChI=1S/C11H21NO4/c1-8(2)16-6-5-15-7-10(11(13)14)12-9-3-4-9/h8-10,12H,3-7H2,1-2H3,(H,13,14). The van der Waals surface area contributed by atoms with Gasteiger partial charge in [0.05, 0.1) is 25.9 Å². The van der Waals surface area contributed by atoms with Crippen LogP contribution in [0.1, 0.15) is 26.7 Å². The molecule has 0 spiro atoms. The Morgan fingerprint density at radius 3 is 2.62 bits per heavy atom. The van der Waals surface area contributed by atoms with Crippen LogP contribution in [0.4, 0.5) is 0 Å². The van der Waals surface area contributed by atoms with Gasteiger partial charge in [-0.3, -0.25) is 10.1 Å². The van der Waals surface area contributed by atoms with E-state index in [4.69, 9.17) is 14.6 Å². The van der Waals surface area contributed by atoms with E-state index in [9.17, 15) is 4.79 Å². The van der Waals surface area contributed by atoms with Gasteiger partial charge in [-0.1, -0.05) is 0 Å². The maximum Gasteiger partial charge on any atom is 0.323 e. The van der Waals surface area contributed by atoms with Crippen molar-refractivity contribution in [1.82, 2.24) is 5.32 Å². The summed E-state index contributed by atoms with van der Waals surface area (Å²) in [7, 11) is 0. The molecule has 0 amide bonds. The third-order valence-electron chi connectivity index (χ3n) is 2.28. The molecule has 0 radical (unpaired) electrons. The average Bonchev–Trinajstić information content (AvgIpc) is 2.98. The summed E-state index contributed by atoms with van der Waals surface area (Å²) in [4.78, 5) is 10.9. The number of rotatable bonds is 9. The zero-order chi connectivity index (χ0) is 12.0. The summed E-state index contributed by atoms with van der Waals surface area (Å²) in [5.41, 5.74) is 0. The van der Waals surface area contributed by atoms with Crippen molar-refractivity contribution in [1.29, 1.82) is 0 Å². The smallest absolute Gasteiger partial charge is 0.323 e. The fourth-order valence-corrected chi connectivity index (χ4v) is 1.27. The lowest BCUT2D eigenvalue weighted by molar-refractivity contribution is -0.141. The summed E-state index contributed by atoms with van der Waals surface area (Å²) in [6.45, 7) is 5.05. The molecule has 5 nitrogen and oxygen atoms in total. The van der Waals surface area contributed by atoms with Crippen molar-refractivity contribution >= 4 is 5.97 Å². The van der Waals surface area contributed by atoms with Crippen molar-refractivity contribution in [3.63, 3.8) is 0 Å². The molecular weight excluding hydrogens is 210 g/mol. The van der Waals surface area contributed by atoms with Crippen LogP contribution in [0.15, 0.2) is 0 Å². The highest BCUT2D eigenvalue weighted by molar-refractivity contribution is 5.73. The van der Waals surface area contributed by atoms with Gasteiger partial charge in [-0.25, -0.2) is 0 Å². The van der Waals surface area contributed by atoms with Crippen molar-refractivity contribution in [3.05, 3.63) is 0 Å². The molecule has 0 aromatic rings. The van der Waals surface area contributed by atoms with Crippen molar-refractivity contribution < 1.29 is 19.4 Å². The molecule has 0 aliphatic heterocycles. The summed E-state index contributed by atoms with van der Waals surface area (Å²) in [6, 6.07) is -0.219. The van der Waals surface area contributed by atoms with Crippen LogP contribution in [0, 0.1) is 0 Å². The summed E-state index contributed by atoms with van der Waals surface area (Å²) < 4.78 is 10.6. The molecule has 1 saturated carbocycles. The Hall–Kier alpha value is -0.650. The van der Waals surface area contributed by atoms with E-state index in [1.807, 2.05) is 13.8 Å². The Labute approximate surface area is 96.1 Å². The van der Waals surface area contributed by atoms with Gasteiger partial charge in [0.2, 0.25) is 0 Å². The molecule has 1 aliphatic carbocycles. The first-order chi connectivity index (χ1) is 7.59. The van der Waals surface area contributed by atoms with Gasteiger partial charge < -0.3 is 14.6 Å². The van der Waals surface area contributed by atoms with Gasteiger partial charge in [0.1, 0.15) is 6.04 Å². The molecule has 1 aliphatic rings. The van der Waals surface area contributed by atoms with Gasteiger partial charge >= 0.3 is 5.97 Å². The van der Waals surface area contributed by atoms with Crippen LogP contribution < -0.4 is 5.32 Å². The Morgan fingerprint density at radius 2 is 2.12 bits per heavy atom. The molecular formula is C11H21NO4. The van der Waals surface area contributed by atoms with Gasteiger partial charge in [0.15, 0.2) is 0 Å². The largest absolute Gasteiger partial charge is 0.480 e. The maximum absolute atomic E-state index is 10.9. The van der Waals surface area contributed by atoms with Crippen LogP contribution in [0.3, 0.4) is 0 Å². The molecule has 1 rings (SSSR count). The Kier molecular flexibility index (Phi) is 5.73. The summed E-state index contributed by atoms with van der Waals surface area (Å²) >= 11 is 0. The van der Waals surface area contributed by atoms with Crippen LogP contribution in [-0.2, 0) is 14.3 Å². The highest BCUT2D eigenvalue weighted by Crippen LogP contribution is 2.19. The third kappa shape index (κ3) is 6.05. The van der Waals surface area contributed by atoms with E-state index in [0.717, 1.165) is 12.8 Å². The first-order valence-electron chi connectivity index (χ1n) is 5.77.